The highest BCUT2D eigenvalue weighted by Crippen LogP contribution is 2.29. The van der Waals surface area contributed by atoms with Crippen LogP contribution in [0.5, 0.6) is 0 Å². The summed E-state index contributed by atoms with van der Waals surface area (Å²) < 4.78 is 0. The van der Waals surface area contributed by atoms with E-state index in [1.807, 2.05) is 32.0 Å². The Hall–Kier alpha value is -1.88. The van der Waals surface area contributed by atoms with Crippen LogP contribution in [0.25, 0.3) is 0 Å². The van der Waals surface area contributed by atoms with E-state index in [0.29, 0.717) is 32.0 Å². The van der Waals surface area contributed by atoms with E-state index in [1.54, 1.807) is 9.80 Å². The molecule has 5 heteroatoms. The molecule has 1 aromatic rings. The van der Waals surface area contributed by atoms with Gasteiger partial charge in [-0.25, -0.2) is 0 Å². The summed E-state index contributed by atoms with van der Waals surface area (Å²) in [6.45, 7) is 6.17. The molecule has 3 rings (SSSR count). The van der Waals surface area contributed by atoms with Crippen molar-refractivity contribution in [2.75, 3.05) is 31.1 Å². The average Bonchev–Trinajstić information content (AvgIpc) is 2.98. The number of anilines is 1. The van der Waals surface area contributed by atoms with Gasteiger partial charge in [0.15, 0.2) is 0 Å². The molecule has 2 amide bonds. The molecule has 130 valence electrons. The monoisotopic (exact) mass is 330 g/mol. The van der Waals surface area contributed by atoms with Gasteiger partial charge in [-0.05, 0) is 62.3 Å². The van der Waals surface area contributed by atoms with Gasteiger partial charge in [-0.3, -0.25) is 9.59 Å². The van der Waals surface area contributed by atoms with Gasteiger partial charge in [0.1, 0.15) is 5.92 Å². The quantitative estimate of drug-likeness (QED) is 0.861. The number of benzene rings is 1. The summed E-state index contributed by atoms with van der Waals surface area (Å²) in [6.07, 6.45) is 2.23. The van der Waals surface area contributed by atoms with Crippen molar-refractivity contribution in [3.05, 3.63) is 29.3 Å². The molecule has 2 heterocycles. The lowest BCUT2D eigenvalue weighted by molar-refractivity contribution is -0.141. The Balaban J connectivity index is 1.67. The first-order valence-electron chi connectivity index (χ1n) is 8.79. The summed E-state index contributed by atoms with van der Waals surface area (Å²) in [4.78, 5) is 29.0. The largest absolute Gasteiger partial charge is 0.396 e. The minimum Gasteiger partial charge on any atom is -0.396 e. The van der Waals surface area contributed by atoms with Crippen LogP contribution < -0.4 is 4.90 Å². The van der Waals surface area contributed by atoms with Crippen LogP contribution in [0.3, 0.4) is 0 Å². The van der Waals surface area contributed by atoms with Crippen molar-refractivity contribution in [3.8, 4) is 0 Å². The van der Waals surface area contributed by atoms with Crippen LogP contribution in [0.2, 0.25) is 0 Å². The first kappa shape index (κ1) is 17.0. The van der Waals surface area contributed by atoms with Gasteiger partial charge in [-0.2, -0.15) is 0 Å². The van der Waals surface area contributed by atoms with Crippen molar-refractivity contribution in [2.45, 2.75) is 33.1 Å². The van der Waals surface area contributed by atoms with Crippen LogP contribution in [-0.4, -0.2) is 48.1 Å². The fraction of sp³-hybridized carbons (Fsp3) is 0.579. The molecule has 5 nitrogen and oxygen atoms in total. The fourth-order valence-corrected chi connectivity index (χ4v) is 3.62. The molecule has 2 saturated heterocycles. The van der Waals surface area contributed by atoms with Gasteiger partial charge in [-0.15, -0.1) is 0 Å². The molecule has 24 heavy (non-hydrogen) atoms. The molecule has 2 aliphatic heterocycles. The molecule has 0 spiro atoms. The van der Waals surface area contributed by atoms with E-state index in [1.165, 1.54) is 5.56 Å². The number of aliphatic hydroxyl groups is 1. The second kappa shape index (κ2) is 6.93. The highest BCUT2D eigenvalue weighted by molar-refractivity contribution is 6.09. The first-order valence-corrected chi connectivity index (χ1v) is 8.79. The number of hydrogen-bond donors (Lipinski definition) is 1. The molecule has 1 unspecified atom stereocenters. The zero-order valence-electron chi connectivity index (χ0n) is 14.5. The predicted molar refractivity (Wildman–Crippen MR) is 92.8 cm³/mol. The third-order valence-electron chi connectivity index (χ3n) is 5.49. The van der Waals surface area contributed by atoms with Gasteiger partial charge in [0, 0.05) is 31.9 Å². The topological polar surface area (TPSA) is 60.9 Å². The summed E-state index contributed by atoms with van der Waals surface area (Å²) in [5.41, 5.74) is 3.24. The highest BCUT2D eigenvalue weighted by Gasteiger charge is 2.40. The molecule has 0 bridgehead atoms. The van der Waals surface area contributed by atoms with E-state index in [2.05, 4.69) is 0 Å². The molecule has 0 aliphatic carbocycles. The molecule has 2 aliphatic rings. The number of aryl methyl sites for hydroxylation is 2. The van der Waals surface area contributed by atoms with Crippen LogP contribution >= 0.6 is 0 Å². The Labute approximate surface area is 143 Å². The van der Waals surface area contributed by atoms with Crippen LogP contribution in [0.4, 0.5) is 5.69 Å². The zero-order chi connectivity index (χ0) is 17.3. The third-order valence-corrected chi connectivity index (χ3v) is 5.49. The van der Waals surface area contributed by atoms with Gasteiger partial charge in [0.05, 0.1) is 0 Å². The molecule has 1 aromatic carbocycles. The zero-order valence-corrected chi connectivity index (χ0v) is 14.5. The number of aliphatic hydroxyl groups excluding tert-OH is 1. The van der Waals surface area contributed by atoms with Crippen LogP contribution in [-0.2, 0) is 9.59 Å². The van der Waals surface area contributed by atoms with E-state index in [9.17, 15) is 14.7 Å². The Bertz CT molecular complexity index is 635. The number of likely N-dealkylation sites (tertiary alicyclic amines) is 1. The molecule has 0 saturated carbocycles. The number of rotatable bonds is 3. The Kier molecular flexibility index (Phi) is 4.90. The maximum atomic E-state index is 12.7. The standard InChI is InChI=1S/C19H26N2O3/c1-13-3-4-16(11-14(13)2)21-10-7-17(19(21)24)18(23)20-8-5-15(12-22)6-9-20/h3-4,11,15,17,22H,5-10,12H2,1-2H3. The number of nitrogens with zero attached hydrogens (tertiary/aromatic N) is 2. The summed E-state index contributed by atoms with van der Waals surface area (Å²) in [7, 11) is 0. The van der Waals surface area contributed by atoms with Crippen molar-refractivity contribution in [3.63, 3.8) is 0 Å². The summed E-state index contributed by atoms with van der Waals surface area (Å²) >= 11 is 0. The Morgan fingerprint density at radius 3 is 2.46 bits per heavy atom. The number of amides is 2. The lowest BCUT2D eigenvalue weighted by Crippen LogP contribution is -2.44. The second-order valence-electron chi connectivity index (χ2n) is 7.05. The predicted octanol–water partition coefficient (Wildman–Crippen LogP) is 1.89. The molecule has 1 atom stereocenters. The van der Waals surface area contributed by atoms with Crippen LogP contribution in [0.15, 0.2) is 18.2 Å². The molecule has 0 radical (unpaired) electrons. The molecule has 1 N–H and O–H groups in total. The number of piperidine rings is 1. The summed E-state index contributed by atoms with van der Waals surface area (Å²) in [6, 6.07) is 6.00. The van der Waals surface area contributed by atoms with E-state index in [0.717, 1.165) is 24.1 Å². The lowest BCUT2D eigenvalue weighted by atomic mass is 9.96. The third kappa shape index (κ3) is 3.18. The lowest BCUT2D eigenvalue weighted by Gasteiger charge is -2.32. The van der Waals surface area contributed by atoms with Gasteiger partial charge < -0.3 is 14.9 Å². The molecular formula is C19H26N2O3. The van der Waals surface area contributed by atoms with E-state index < -0.39 is 5.92 Å². The van der Waals surface area contributed by atoms with Gasteiger partial charge in [0.2, 0.25) is 11.8 Å². The number of carbonyl (C=O) groups excluding carboxylic acids is 2. The SMILES string of the molecule is Cc1ccc(N2CCC(C(=O)N3CCC(CO)CC3)C2=O)cc1C. The minimum absolute atomic E-state index is 0.0391. The first-order chi connectivity index (χ1) is 11.5. The van der Waals surface area contributed by atoms with Crippen molar-refractivity contribution in [2.24, 2.45) is 11.8 Å². The number of hydrogen-bond acceptors (Lipinski definition) is 3. The van der Waals surface area contributed by atoms with E-state index in [-0.39, 0.29) is 18.4 Å². The van der Waals surface area contributed by atoms with Crippen LogP contribution in [0, 0.1) is 25.7 Å². The van der Waals surface area contributed by atoms with Crippen molar-refractivity contribution >= 4 is 17.5 Å². The normalized spacial score (nSPS) is 22.3. The van der Waals surface area contributed by atoms with Gasteiger partial charge in [0.25, 0.3) is 0 Å². The van der Waals surface area contributed by atoms with E-state index in [4.69, 9.17) is 0 Å². The Morgan fingerprint density at radius 1 is 1.12 bits per heavy atom. The molecule has 2 fully saturated rings. The smallest absolute Gasteiger partial charge is 0.239 e. The molecular weight excluding hydrogens is 304 g/mol. The van der Waals surface area contributed by atoms with Crippen molar-refractivity contribution < 1.29 is 14.7 Å². The van der Waals surface area contributed by atoms with Crippen molar-refractivity contribution in [1.82, 2.24) is 4.90 Å². The second-order valence-corrected chi connectivity index (χ2v) is 7.05. The highest BCUT2D eigenvalue weighted by atomic mass is 16.3. The maximum absolute atomic E-state index is 12.7. The fourth-order valence-electron chi connectivity index (χ4n) is 3.62. The van der Waals surface area contributed by atoms with Crippen molar-refractivity contribution in [1.29, 1.82) is 0 Å². The van der Waals surface area contributed by atoms with Gasteiger partial charge >= 0.3 is 0 Å². The molecule has 0 aromatic heterocycles. The average molecular weight is 330 g/mol. The maximum Gasteiger partial charge on any atom is 0.239 e. The van der Waals surface area contributed by atoms with E-state index >= 15 is 0 Å². The summed E-state index contributed by atoms with van der Waals surface area (Å²) in [5.74, 6) is -0.368. The number of carbonyl (C=O) groups is 2. The summed E-state index contributed by atoms with van der Waals surface area (Å²) in [5, 5.41) is 9.21. The van der Waals surface area contributed by atoms with Crippen LogP contribution in [0.1, 0.15) is 30.4 Å². The minimum atomic E-state index is -0.544. The Morgan fingerprint density at radius 2 is 1.83 bits per heavy atom. The van der Waals surface area contributed by atoms with Gasteiger partial charge in [-0.1, -0.05) is 6.07 Å².